The van der Waals surface area contributed by atoms with Crippen LogP contribution in [0.5, 0.6) is 0 Å². The summed E-state index contributed by atoms with van der Waals surface area (Å²) in [6.07, 6.45) is 12.5. The van der Waals surface area contributed by atoms with Gasteiger partial charge in [-0.15, -0.1) is 0 Å². The Morgan fingerprint density at radius 3 is 2.59 bits per heavy atom. The Balaban J connectivity index is 2.22. The number of hydrogen-bond donors (Lipinski definition) is 1. The molecule has 0 amide bonds. The van der Waals surface area contributed by atoms with Gasteiger partial charge in [-0.3, -0.25) is 0 Å². The number of hydrogen-bond acceptors (Lipinski definition) is 1. The largest absolute Gasteiger partial charge is 0.311 e. The maximum atomic E-state index is 3.89. The zero-order valence-corrected chi connectivity index (χ0v) is 12.5. The van der Waals surface area contributed by atoms with E-state index in [0.29, 0.717) is 11.5 Å². The first kappa shape index (κ1) is 15.0. The zero-order valence-electron chi connectivity index (χ0n) is 12.5. The number of rotatable bonds is 7. The van der Waals surface area contributed by atoms with Crippen LogP contribution in [0.4, 0.5) is 0 Å². The molecule has 0 bridgehead atoms. The van der Waals surface area contributed by atoms with Gasteiger partial charge in [-0.25, -0.2) is 0 Å². The Morgan fingerprint density at radius 2 is 1.94 bits per heavy atom. The van der Waals surface area contributed by atoms with Gasteiger partial charge in [-0.05, 0) is 31.6 Å². The molecule has 102 valence electrons. The SMILES string of the molecule is CCCCCCC(C)NC1CCCCC1(C)C. The molecule has 1 aliphatic rings. The molecule has 2 atom stereocenters. The molecule has 1 nitrogen and oxygen atoms in total. The second-order valence-corrected chi connectivity index (χ2v) is 6.70. The van der Waals surface area contributed by atoms with Gasteiger partial charge in [0.25, 0.3) is 0 Å². The first-order valence-electron chi connectivity index (χ1n) is 7.82. The van der Waals surface area contributed by atoms with E-state index in [0.717, 1.165) is 6.04 Å². The van der Waals surface area contributed by atoms with Crippen molar-refractivity contribution < 1.29 is 0 Å². The zero-order chi connectivity index (χ0) is 12.7. The second kappa shape index (κ2) is 7.41. The van der Waals surface area contributed by atoms with Crippen molar-refractivity contribution in [3.05, 3.63) is 0 Å². The lowest BCUT2D eigenvalue weighted by Gasteiger charge is -2.40. The summed E-state index contributed by atoms with van der Waals surface area (Å²) in [6, 6.07) is 1.45. The highest BCUT2D eigenvalue weighted by atomic mass is 15.0. The topological polar surface area (TPSA) is 12.0 Å². The minimum atomic E-state index is 0.510. The smallest absolute Gasteiger partial charge is 0.0121 e. The van der Waals surface area contributed by atoms with Gasteiger partial charge in [0, 0.05) is 12.1 Å². The van der Waals surface area contributed by atoms with E-state index in [1.807, 2.05) is 0 Å². The quantitative estimate of drug-likeness (QED) is 0.623. The number of unbranched alkanes of at least 4 members (excludes halogenated alkanes) is 3. The molecule has 2 unspecified atom stereocenters. The van der Waals surface area contributed by atoms with Crippen LogP contribution in [0, 0.1) is 5.41 Å². The molecule has 1 heteroatoms. The predicted molar refractivity (Wildman–Crippen MR) is 77.4 cm³/mol. The van der Waals surface area contributed by atoms with Gasteiger partial charge in [0.2, 0.25) is 0 Å². The van der Waals surface area contributed by atoms with Crippen molar-refractivity contribution in [1.82, 2.24) is 5.32 Å². The van der Waals surface area contributed by atoms with Gasteiger partial charge < -0.3 is 5.32 Å². The lowest BCUT2D eigenvalue weighted by molar-refractivity contribution is 0.155. The van der Waals surface area contributed by atoms with Crippen LogP contribution in [0.15, 0.2) is 0 Å². The molecule has 1 rings (SSSR count). The molecule has 0 saturated heterocycles. The average Bonchev–Trinajstić information content (AvgIpc) is 2.27. The van der Waals surface area contributed by atoms with Gasteiger partial charge >= 0.3 is 0 Å². The maximum Gasteiger partial charge on any atom is 0.0121 e. The van der Waals surface area contributed by atoms with Crippen molar-refractivity contribution in [2.75, 3.05) is 0 Å². The maximum absolute atomic E-state index is 3.89. The van der Waals surface area contributed by atoms with Crippen LogP contribution in [0.25, 0.3) is 0 Å². The van der Waals surface area contributed by atoms with Crippen LogP contribution in [-0.4, -0.2) is 12.1 Å². The van der Waals surface area contributed by atoms with Crippen molar-refractivity contribution in [2.24, 2.45) is 5.41 Å². The lowest BCUT2D eigenvalue weighted by atomic mass is 9.73. The molecule has 0 heterocycles. The van der Waals surface area contributed by atoms with E-state index in [4.69, 9.17) is 0 Å². The summed E-state index contributed by atoms with van der Waals surface area (Å²) in [5, 5.41) is 3.89. The first-order valence-corrected chi connectivity index (χ1v) is 7.82. The van der Waals surface area contributed by atoms with E-state index in [1.54, 1.807) is 0 Å². The van der Waals surface area contributed by atoms with Crippen LogP contribution >= 0.6 is 0 Å². The summed E-state index contributed by atoms with van der Waals surface area (Å²) in [5.41, 5.74) is 0.510. The molecule has 0 aliphatic heterocycles. The molecule has 17 heavy (non-hydrogen) atoms. The van der Waals surface area contributed by atoms with E-state index < -0.39 is 0 Å². The highest BCUT2D eigenvalue weighted by Crippen LogP contribution is 2.35. The van der Waals surface area contributed by atoms with Crippen LogP contribution < -0.4 is 5.32 Å². The highest BCUT2D eigenvalue weighted by molar-refractivity contribution is 4.89. The molecule has 1 aliphatic carbocycles. The minimum absolute atomic E-state index is 0.510. The Morgan fingerprint density at radius 1 is 1.18 bits per heavy atom. The Bertz CT molecular complexity index is 198. The summed E-state index contributed by atoms with van der Waals surface area (Å²) in [7, 11) is 0. The summed E-state index contributed by atoms with van der Waals surface area (Å²) >= 11 is 0. The van der Waals surface area contributed by atoms with Crippen molar-refractivity contribution in [1.29, 1.82) is 0 Å². The molecule has 1 fully saturated rings. The van der Waals surface area contributed by atoms with E-state index in [9.17, 15) is 0 Å². The monoisotopic (exact) mass is 239 g/mol. The molecule has 1 N–H and O–H groups in total. The van der Waals surface area contributed by atoms with Crippen molar-refractivity contribution in [3.8, 4) is 0 Å². The van der Waals surface area contributed by atoms with E-state index in [1.165, 1.54) is 57.8 Å². The highest BCUT2D eigenvalue weighted by Gasteiger charge is 2.32. The second-order valence-electron chi connectivity index (χ2n) is 6.70. The molecule has 0 spiro atoms. The van der Waals surface area contributed by atoms with Crippen molar-refractivity contribution in [2.45, 2.75) is 97.6 Å². The van der Waals surface area contributed by atoms with Gasteiger partial charge in [-0.1, -0.05) is 59.3 Å². The summed E-state index contributed by atoms with van der Waals surface area (Å²) in [6.45, 7) is 9.53. The van der Waals surface area contributed by atoms with Crippen molar-refractivity contribution >= 4 is 0 Å². The third-order valence-electron chi connectivity index (χ3n) is 4.48. The van der Waals surface area contributed by atoms with Crippen LogP contribution in [0.3, 0.4) is 0 Å². The number of nitrogens with one attached hydrogen (secondary N) is 1. The van der Waals surface area contributed by atoms with Crippen LogP contribution in [0.2, 0.25) is 0 Å². The molecule has 0 aromatic heterocycles. The normalized spacial score (nSPS) is 25.8. The molecular weight excluding hydrogens is 206 g/mol. The van der Waals surface area contributed by atoms with Gasteiger partial charge in [-0.2, -0.15) is 0 Å². The Kier molecular flexibility index (Phi) is 6.54. The van der Waals surface area contributed by atoms with Crippen LogP contribution in [0.1, 0.15) is 85.5 Å². The summed E-state index contributed by atoms with van der Waals surface area (Å²) in [4.78, 5) is 0. The lowest BCUT2D eigenvalue weighted by Crippen LogP contribution is -2.47. The van der Waals surface area contributed by atoms with Gasteiger partial charge in [0.1, 0.15) is 0 Å². The molecule has 0 aromatic rings. The van der Waals surface area contributed by atoms with Gasteiger partial charge in [0.05, 0.1) is 0 Å². The fourth-order valence-corrected chi connectivity index (χ4v) is 3.11. The molecule has 0 radical (unpaired) electrons. The standard InChI is InChI=1S/C16H33N/c1-5-6-7-8-11-14(2)17-15-12-9-10-13-16(15,3)4/h14-15,17H,5-13H2,1-4H3. The van der Waals surface area contributed by atoms with Crippen molar-refractivity contribution in [3.63, 3.8) is 0 Å². The fraction of sp³-hybridized carbons (Fsp3) is 1.00. The third kappa shape index (κ3) is 5.42. The van der Waals surface area contributed by atoms with Crippen LogP contribution in [-0.2, 0) is 0 Å². The molecule has 1 saturated carbocycles. The van der Waals surface area contributed by atoms with Gasteiger partial charge in [0.15, 0.2) is 0 Å². The summed E-state index contributed by atoms with van der Waals surface area (Å²) < 4.78 is 0. The molecule has 0 aromatic carbocycles. The Labute approximate surface area is 109 Å². The minimum Gasteiger partial charge on any atom is -0.311 e. The molecular formula is C16H33N. The average molecular weight is 239 g/mol. The summed E-state index contributed by atoms with van der Waals surface area (Å²) in [5.74, 6) is 0. The fourth-order valence-electron chi connectivity index (χ4n) is 3.11. The van der Waals surface area contributed by atoms with E-state index >= 15 is 0 Å². The predicted octanol–water partition coefficient (Wildman–Crippen LogP) is 4.90. The Hall–Kier alpha value is -0.0400. The third-order valence-corrected chi connectivity index (χ3v) is 4.48. The first-order chi connectivity index (χ1) is 8.06. The van der Waals surface area contributed by atoms with E-state index in [2.05, 4.69) is 33.0 Å². The van der Waals surface area contributed by atoms with E-state index in [-0.39, 0.29) is 0 Å².